The molecule has 0 amide bonds. The molecule has 1 atom stereocenters. The third-order valence-corrected chi connectivity index (χ3v) is 4.82. The van der Waals surface area contributed by atoms with Crippen molar-refractivity contribution in [2.24, 2.45) is 0 Å². The van der Waals surface area contributed by atoms with Gasteiger partial charge >= 0.3 is 0 Å². The summed E-state index contributed by atoms with van der Waals surface area (Å²) in [6.07, 6.45) is 0. The maximum Gasteiger partial charge on any atom is 0.127 e. The zero-order valence-corrected chi connectivity index (χ0v) is 13.6. The molecule has 0 aliphatic heterocycles. The Morgan fingerprint density at radius 1 is 1.20 bits per heavy atom. The van der Waals surface area contributed by atoms with Crippen molar-refractivity contribution >= 4 is 22.9 Å². The van der Waals surface area contributed by atoms with Gasteiger partial charge in [-0.1, -0.05) is 17.7 Å². The molecular weight excluding hydrogens is 294 g/mol. The minimum atomic E-state index is -0.0164. The summed E-state index contributed by atoms with van der Waals surface area (Å²) >= 11 is 7.77. The first-order valence-corrected chi connectivity index (χ1v) is 7.45. The third kappa shape index (κ3) is 2.77. The average Bonchev–Trinajstić information content (AvgIpc) is 2.79. The predicted octanol–water partition coefficient (Wildman–Crippen LogP) is 4.04. The maximum absolute atomic E-state index is 6.19. The monoisotopic (exact) mass is 311 g/mol. The van der Waals surface area contributed by atoms with Crippen molar-refractivity contribution in [2.45, 2.75) is 13.0 Å². The van der Waals surface area contributed by atoms with Crippen molar-refractivity contribution in [3.63, 3.8) is 0 Å². The van der Waals surface area contributed by atoms with E-state index in [4.69, 9.17) is 21.1 Å². The molecule has 0 fully saturated rings. The van der Waals surface area contributed by atoms with Gasteiger partial charge in [-0.2, -0.15) is 0 Å². The number of thiophene rings is 1. The standard InChI is InChI=1S/C15H18ClNO2S/c1-9-8-12(20-15(9)16)14(17-2)13-10(18-3)6-5-7-11(13)19-4/h5-8,14,17H,1-4H3. The molecule has 0 spiro atoms. The molecule has 1 N–H and O–H groups in total. The van der Waals surface area contributed by atoms with Gasteiger partial charge in [-0.05, 0) is 37.7 Å². The van der Waals surface area contributed by atoms with Gasteiger partial charge in [0.2, 0.25) is 0 Å². The zero-order chi connectivity index (χ0) is 14.7. The predicted molar refractivity (Wildman–Crippen MR) is 84.5 cm³/mol. The van der Waals surface area contributed by atoms with Crippen LogP contribution in [0.25, 0.3) is 0 Å². The van der Waals surface area contributed by atoms with E-state index in [1.807, 2.05) is 32.2 Å². The van der Waals surface area contributed by atoms with E-state index in [2.05, 4.69) is 11.4 Å². The average molecular weight is 312 g/mol. The van der Waals surface area contributed by atoms with Gasteiger partial charge in [0, 0.05) is 4.88 Å². The number of aryl methyl sites for hydroxylation is 1. The van der Waals surface area contributed by atoms with Crippen LogP contribution in [-0.2, 0) is 0 Å². The number of nitrogens with one attached hydrogen (secondary N) is 1. The van der Waals surface area contributed by atoms with Crippen LogP contribution < -0.4 is 14.8 Å². The largest absolute Gasteiger partial charge is 0.496 e. The molecule has 3 nitrogen and oxygen atoms in total. The fourth-order valence-corrected chi connectivity index (χ4v) is 3.56. The molecule has 1 aromatic carbocycles. The van der Waals surface area contributed by atoms with E-state index >= 15 is 0 Å². The molecule has 108 valence electrons. The summed E-state index contributed by atoms with van der Waals surface area (Å²) in [5.41, 5.74) is 2.07. The minimum absolute atomic E-state index is 0.0164. The highest BCUT2D eigenvalue weighted by molar-refractivity contribution is 7.16. The molecule has 0 saturated heterocycles. The van der Waals surface area contributed by atoms with E-state index in [0.717, 1.165) is 31.8 Å². The number of rotatable bonds is 5. The van der Waals surface area contributed by atoms with Crippen molar-refractivity contribution in [3.05, 3.63) is 44.6 Å². The fraction of sp³-hybridized carbons (Fsp3) is 0.333. The summed E-state index contributed by atoms with van der Waals surface area (Å²) in [4.78, 5) is 1.14. The first-order valence-electron chi connectivity index (χ1n) is 6.26. The van der Waals surface area contributed by atoms with E-state index in [1.54, 1.807) is 25.6 Å². The van der Waals surface area contributed by atoms with Crippen LogP contribution in [0.15, 0.2) is 24.3 Å². The van der Waals surface area contributed by atoms with Gasteiger partial charge < -0.3 is 14.8 Å². The Hall–Kier alpha value is -1.23. The Labute approximate surface area is 128 Å². The molecule has 1 unspecified atom stereocenters. The quantitative estimate of drug-likeness (QED) is 0.904. The van der Waals surface area contributed by atoms with Crippen LogP contribution in [0.3, 0.4) is 0 Å². The lowest BCUT2D eigenvalue weighted by Crippen LogP contribution is -2.18. The van der Waals surface area contributed by atoms with Gasteiger partial charge in [-0.3, -0.25) is 0 Å². The Morgan fingerprint density at radius 3 is 2.20 bits per heavy atom. The molecule has 0 aliphatic carbocycles. The SMILES string of the molecule is CNC(c1cc(C)c(Cl)s1)c1c(OC)cccc1OC. The molecule has 5 heteroatoms. The van der Waals surface area contributed by atoms with Crippen molar-refractivity contribution in [3.8, 4) is 11.5 Å². The highest BCUT2D eigenvalue weighted by Gasteiger charge is 2.23. The van der Waals surface area contributed by atoms with E-state index in [-0.39, 0.29) is 6.04 Å². The van der Waals surface area contributed by atoms with Gasteiger partial charge in [-0.15, -0.1) is 11.3 Å². The van der Waals surface area contributed by atoms with Crippen LogP contribution in [0.5, 0.6) is 11.5 Å². The van der Waals surface area contributed by atoms with Crippen LogP contribution >= 0.6 is 22.9 Å². The lowest BCUT2D eigenvalue weighted by molar-refractivity contribution is 0.379. The van der Waals surface area contributed by atoms with E-state index in [9.17, 15) is 0 Å². The Kier molecular flexibility index (Phi) is 4.91. The number of methoxy groups -OCH3 is 2. The summed E-state index contributed by atoms with van der Waals surface area (Å²) in [5.74, 6) is 1.59. The number of hydrogen-bond donors (Lipinski definition) is 1. The Balaban J connectivity index is 2.56. The van der Waals surface area contributed by atoms with E-state index < -0.39 is 0 Å². The van der Waals surface area contributed by atoms with Crippen LogP contribution in [0, 0.1) is 6.92 Å². The first kappa shape index (κ1) is 15.2. The van der Waals surface area contributed by atoms with E-state index in [1.165, 1.54) is 0 Å². The second-order valence-electron chi connectivity index (χ2n) is 4.40. The summed E-state index contributed by atoms with van der Waals surface area (Å²) in [5, 5.41) is 3.32. The summed E-state index contributed by atoms with van der Waals surface area (Å²) in [7, 11) is 5.24. The number of ether oxygens (including phenoxy) is 2. The smallest absolute Gasteiger partial charge is 0.127 e. The normalized spacial score (nSPS) is 12.2. The summed E-state index contributed by atoms with van der Waals surface area (Å²) in [6, 6.07) is 7.87. The van der Waals surface area contributed by atoms with Crippen LogP contribution in [0.2, 0.25) is 4.34 Å². The lowest BCUT2D eigenvalue weighted by atomic mass is 10.0. The molecule has 2 aromatic rings. The molecule has 0 radical (unpaired) electrons. The Bertz CT molecular complexity index is 556. The highest BCUT2D eigenvalue weighted by Crippen LogP contribution is 2.41. The zero-order valence-electron chi connectivity index (χ0n) is 12.0. The molecule has 1 aromatic heterocycles. The van der Waals surface area contributed by atoms with Crippen molar-refractivity contribution in [2.75, 3.05) is 21.3 Å². The highest BCUT2D eigenvalue weighted by atomic mass is 35.5. The molecule has 0 bridgehead atoms. The molecule has 2 rings (SSSR count). The lowest BCUT2D eigenvalue weighted by Gasteiger charge is -2.21. The van der Waals surface area contributed by atoms with Gasteiger partial charge in [0.1, 0.15) is 11.5 Å². The Morgan fingerprint density at radius 2 is 1.80 bits per heavy atom. The van der Waals surface area contributed by atoms with Gasteiger partial charge in [0.05, 0.1) is 30.2 Å². The number of benzene rings is 1. The molecule has 0 saturated carbocycles. The molecule has 1 heterocycles. The number of halogens is 1. The molecular formula is C15H18ClNO2S. The maximum atomic E-state index is 6.19. The van der Waals surface area contributed by atoms with Crippen LogP contribution in [-0.4, -0.2) is 21.3 Å². The second-order valence-corrected chi connectivity index (χ2v) is 6.09. The topological polar surface area (TPSA) is 30.5 Å². The van der Waals surface area contributed by atoms with Gasteiger partial charge in [-0.25, -0.2) is 0 Å². The number of hydrogen-bond acceptors (Lipinski definition) is 4. The molecule has 0 aliphatic rings. The minimum Gasteiger partial charge on any atom is -0.496 e. The second kappa shape index (κ2) is 6.48. The fourth-order valence-electron chi connectivity index (χ4n) is 2.22. The molecule has 20 heavy (non-hydrogen) atoms. The first-order chi connectivity index (χ1) is 9.62. The van der Waals surface area contributed by atoms with Gasteiger partial charge in [0.25, 0.3) is 0 Å². The van der Waals surface area contributed by atoms with Crippen molar-refractivity contribution in [1.29, 1.82) is 0 Å². The van der Waals surface area contributed by atoms with Crippen LogP contribution in [0.4, 0.5) is 0 Å². The van der Waals surface area contributed by atoms with E-state index in [0.29, 0.717) is 0 Å². The van der Waals surface area contributed by atoms with Crippen molar-refractivity contribution < 1.29 is 9.47 Å². The summed E-state index contributed by atoms with van der Waals surface area (Å²) < 4.78 is 11.8. The summed E-state index contributed by atoms with van der Waals surface area (Å²) in [6.45, 7) is 2.01. The van der Waals surface area contributed by atoms with Crippen LogP contribution in [0.1, 0.15) is 22.0 Å². The van der Waals surface area contributed by atoms with Gasteiger partial charge in [0.15, 0.2) is 0 Å². The third-order valence-electron chi connectivity index (χ3n) is 3.20. The van der Waals surface area contributed by atoms with Crippen molar-refractivity contribution in [1.82, 2.24) is 5.32 Å².